The fourth-order valence-electron chi connectivity index (χ4n) is 5.38. The number of aromatic amines is 1. The van der Waals surface area contributed by atoms with Gasteiger partial charge in [-0.2, -0.15) is 4.98 Å². The van der Waals surface area contributed by atoms with Crippen molar-refractivity contribution in [3.05, 3.63) is 62.5 Å². The summed E-state index contributed by atoms with van der Waals surface area (Å²) in [6.45, 7) is 6.98. The molecule has 0 aliphatic carbocycles. The molecule has 5 rings (SSSR count). The fraction of sp³-hybridized carbons (Fsp3) is 0.346. The predicted octanol–water partition coefficient (Wildman–Crippen LogP) is 1.89. The van der Waals surface area contributed by atoms with E-state index in [0.29, 0.717) is 41.8 Å². The van der Waals surface area contributed by atoms with Gasteiger partial charge in [0.15, 0.2) is 0 Å². The third-order valence-corrected chi connectivity index (χ3v) is 6.81. The molecule has 2 atom stereocenters. The molecule has 0 spiro atoms. The van der Waals surface area contributed by atoms with Gasteiger partial charge in [-0.25, -0.2) is 9.18 Å². The van der Waals surface area contributed by atoms with Crippen molar-refractivity contribution in [2.75, 3.05) is 18.0 Å². The number of aliphatic imine (C=N–C) groups is 1. The lowest BCUT2D eigenvalue weighted by Gasteiger charge is -2.33. The largest absolute Gasteiger partial charge is 0.508 e. The fourth-order valence-corrected chi connectivity index (χ4v) is 5.38. The normalized spacial score (nSPS) is 21.2. The number of aryl methyl sites for hydroxylation is 1. The summed E-state index contributed by atoms with van der Waals surface area (Å²) in [5.74, 6) is -0.0235. The maximum Gasteiger partial charge on any atom is 0.347 e. The molecule has 8 heteroatoms. The van der Waals surface area contributed by atoms with Crippen LogP contribution < -0.4 is 26.5 Å². The van der Waals surface area contributed by atoms with E-state index in [1.165, 1.54) is 6.20 Å². The van der Waals surface area contributed by atoms with Crippen LogP contribution in [0.2, 0.25) is 0 Å². The summed E-state index contributed by atoms with van der Waals surface area (Å²) in [7, 11) is 0. The van der Waals surface area contributed by atoms with Crippen LogP contribution in [0, 0.1) is 0 Å². The smallest absolute Gasteiger partial charge is 0.347 e. The number of aromatic hydroxyl groups is 1. The van der Waals surface area contributed by atoms with Gasteiger partial charge in [0, 0.05) is 37.8 Å². The van der Waals surface area contributed by atoms with Gasteiger partial charge < -0.3 is 20.3 Å². The van der Waals surface area contributed by atoms with Gasteiger partial charge in [-0.05, 0) is 60.0 Å². The summed E-state index contributed by atoms with van der Waals surface area (Å²) < 4.78 is 15.9. The number of aromatic nitrogens is 2. The molecule has 2 fully saturated rings. The Morgan fingerprint density at radius 2 is 2.06 bits per heavy atom. The number of H-pyrrole nitrogens is 1. The lowest BCUT2D eigenvalue weighted by atomic mass is 9.95. The van der Waals surface area contributed by atoms with Crippen LogP contribution in [0.5, 0.6) is 5.75 Å². The number of fused-ring (bicyclic) bond motifs is 3. The molecule has 2 unspecified atom stereocenters. The van der Waals surface area contributed by atoms with E-state index < -0.39 is 11.5 Å². The van der Waals surface area contributed by atoms with Crippen molar-refractivity contribution in [1.82, 2.24) is 15.3 Å². The predicted molar refractivity (Wildman–Crippen MR) is 133 cm³/mol. The minimum Gasteiger partial charge on any atom is -0.508 e. The van der Waals surface area contributed by atoms with Crippen molar-refractivity contribution in [2.45, 2.75) is 44.7 Å². The minimum absolute atomic E-state index is 0.0544. The molecular weight excluding hydrogens is 433 g/mol. The van der Waals surface area contributed by atoms with Crippen LogP contribution in [0.4, 0.5) is 10.2 Å². The number of halogens is 1. The SMILES string of the molecule is C=N/C=c1/c(N2CC3CCC(C2)N3)nc(=O)[nH]/c1=C(\F)Cc1cc(O)cc2cccc(CC)c12. The quantitative estimate of drug-likeness (QED) is 0.505. The molecule has 7 nitrogen and oxygen atoms in total. The van der Waals surface area contributed by atoms with Crippen LogP contribution in [0.1, 0.15) is 30.9 Å². The maximum atomic E-state index is 15.9. The van der Waals surface area contributed by atoms with E-state index in [2.05, 4.69) is 27.0 Å². The molecule has 0 radical (unpaired) electrons. The van der Waals surface area contributed by atoms with Crippen LogP contribution in [-0.2, 0) is 12.8 Å². The second-order valence-corrected chi connectivity index (χ2v) is 9.06. The van der Waals surface area contributed by atoms with E-state index in [-0.39, 0.29) is 17.5 Å². The zero-order valence-electron chi connectivity index (χ0n) is 19.1. The van der Waals surface area contributed by atoms with Crippen LogP contribution >= 0.6 is 0 Å². The number of benzene rings is 2. The number of phenolic OH excluding ortho intramolecular Hbond substituents is 1. The number of nitrogens with one attached hydrogen (secondary N) is 2. The topological polar surface area (TPSA) is 93.6 Å². The number of nitrogens with zero attached hydrogens (tertiary/aromatic N) is 3. The van der Waals surface area contributed by atoms with Crippen molar-refractivity contribution in [3.63, 3.8) is 0 Å². The van der Waals surface area contributed by atoms with Crippen molar-refractivity contribution in [1.29, 1.82) is 0 Å². The highest BCUT2D eigenvalue weighted by Crippen LogP contribution is 2.30. The van der Waals surface area contributed by atoms with E-state index in [1.54, 1.807) is 12.1 Å². The van der Waals surface area contributed by atoms with Crippen molar-refractivity contribution < 1.29 is 9.50 Å². The maximum absolute atomic E-state index is 15.9. The summed E-state index contributed by atoms with van der Waals surface area (Å²) >= 11 is 0. The Balaban J connectivity index is 1.68. The molecule has 2 saturated heterocycles. The number of hydrogen-bond donors (Lipinski definition) is 3. The van der Waals surface area contributed by atoms with Crippen LogP contribution in [-0.4, -0.2) is 47.0 Å². The Kier molecular flexibility index (Phi) is 5.91. The molecule has 3 N–H and O–H groups in total. The molecule has 3 heterocycles. The van der Waals surface area contributed by atoms with Gasteiger partial charge >= 0.3 is 5.69 Å². The van der Waals surface area contributed by atoms with Crippen molar-refractivity contribution in [2.24, 2.45) is 4.99 Å². The molecule has 2 aliphatic rings. The average molecular weight is 462 g/mol. The Bertz CT molecular complexity index is 1440. The zero-order valence-corrected chi connectivity index (χ0v) is 19.1. The summed E-state index contributed by atoms with van der Waals surface area (Å²) in [6, 6.07) is 9.77. The number of hydrogen-bond acceptors (Lipinski definition) is 6. The molecule has 0 saturated carbocycles. The molecule has 2 bridgehead atoms. The number of anilines is 1. The second kappa shape index (κ2) is 9.02. The van der Waals surface area contributed by atoms with Crippen LogP contribution in [0.3, 0.4) is 0 Å². The molecule has 34 heavy (non-hydrogen) atoms. The molecule has 3 aromatic rings. The van der Waals surface area contributed by atoms with Gasteiger partial charge in [0.2, 0.25) is 0 Å². The molecule has 2 aromatic carbocycles. The highest BCUT2D eigenvalue weighted by Gasteiger charge is 2.33. The monoisotopic (exact) mass is 461 g/mol. The Morgan fingerprint density at radius 1 is 1.29 bits per heavy atom. The first-order valence-electron chi connectivity index (χ1n) is 11.7. The van der Waals surface area contributed by atoms with E-state index in [9.17, 15) is 9.90 Å². The van der Waals surface area contributed by atoms with Gasteiger partial charge in [-0.15, -0.1) is 0 Å². The summed E-state index contributed by atoms with van der Waals surface area (Å²) in [5, 5.41) is 16.1. The lowest BCUT2D eigenvalue weighted by Crippen LogP contribution is -2.54. The highest BCUT2D eigenvalue weighted by atomic mass is 19.1. The first-order chi connectivity index (χ1) is 16.5. The van der Waals surface area contributed by atoms with Gasteiger partial charge in [0.25, 0.3) is 0 Å². The second-order valence-electron chi connectivity index (χ2n) is 9.06. The molecular formula is C26H28FN5O2. The summed E-state index contributed by atoms with van der Waals surface area (Å²) in [6.07, 6.45) is 4.28. The van der Waals surface area contributed by atoms with Crippen molar-refractivity contribution in [3.8, 4) is 5.75 Å². The third kappa shape index (κ3) is 4.09. The van der Waals surface area contributed by atoms with E-state index in [0.717, 1.165) is 35.6 Å². The minimum atomic E-state index is -0.609. The first kappa shape index (κ1) is 22.3. The van der Waals surface area contributed by atoms with Crippen LogP contribution in [0.25, 0.3) is 22.8 Å². The van der Waals surface area contributed by atoms with Gasteiger partial charge in [0.05, 0.1) is 10.6 Å². The van der Waals surface area contributed by atoms with E-state index in [1.807, 2.05) is 30.0 Å². The molecule has 2 aliphatic heterocycles. The Hall–Kier alpha value is -3.52. The third-order valence-electron chi connectivity index (χ3n) is 6.81. The van der Waals surface area contributed by atoms with Crippen LogP contribution in [0.15, 0.2) is 40.1 Å². The number of rotatable bonds is 5. The van der Waals surface area contributed by atoms with Gasteiger partial charge in [0.1, 0.15) is 17.4 Å². The number of piperazine rings is 1. The Labute approximate surface area is 196 Å². The zero-order chi connectivity index (χ0) is 23.8. The first-order valence-corrected chi connectivity index (χ1v) is 11.7. The Morgan fingerprint density at radius 3 is 2.76 bits per heavy atom. The van der Waals surface area contributed by atoms with Crippen molar-refractivity contribution >= 4 is 35.3 Å². The summed E-state index contributed by atoms with van der Waals surface area (Å²) in [4.78, 5) is 25.2. The van der Waals surface area contributed by atoms with E-state index in [4.69, 9.17) is 0 Å². The van der Waals surface area contributed by atoms with E-state index >= 15 is 4.39 Å². The lowest BCUT2D eigenvalue weighted by molar-refractivity contribution is 0.462. The average Bonchev–Trinajstić information content (AvgIpc) is 3.16. The van der Waals surface area contributed by atoms with Gasteiger partial charge in [-0.1, -0.05) is 25.1 Å². The standard InChI is InChI=1S/C26H28FN5O2/c1-3-15-5-4-6-16-9-20(33)10-17(23(15)16)11-22(27)24-21(12-28-2)25(31-26(34)30-24)32-13-18-7-8-19(14-32)29-18/h4-6,9-10,12,18-19,29,33H,2-3,7-8,11,13-14H2,1H3,(H,30,34)/b21-12+,24-22-. The summed E-state index contributed by atoms with van der Waals surface area (Å²) in [5.41, 5.74) is 1.11. The number of phenols is 1. The molecule has 176 valence electrons. The highest BCUT2D eigenvalue weighted by molar-refractivity contribution is 5.91. The molecule has 1 aromatic heterocycles. The van der Waals surface area contributed by atoms with Gasteiger partial charge in [-0.3, -0.25) is 4.99 Å². The molecule has 0 amide bonds.